The SMILES string of the molecule is O=C(CC1CCNC1=O)c1cncc(-c2cccc(F)c2)c1. The van der Waals surface area contributed by atoms with Crippen LogP contribution < -0.4 is 5.32 Å². The van der Waals surface area contributed by atoms with Gasteiger partial charge in [0, 0.05) is 42.4 Å². The van der Waals surface area contributed by atoms with Gasteiger partial charge in [0.05, 0.1) is 0 Å². The molecular formula is C17H15FN2O2. The van der Waals surface area contributed by atoms with Crippen LogP contribution in [-0.4, -0.2) is 23.2 Å². The number of pyridine rings is 1. The molecule has 2 aromatic rings. The molecule has 0 spiro atoms. The minimum atomic E-state index is -0.336. The molecule has 2 heterocycles. The van der Waals surface area contributed by atoms with E-state index in [1.54, 1.807) is 24.4 Å². The van der Waals surface area contributed by atoms with Gasteiger partial charge in [0.15, 0.2) is 5.78 Å². The molecule has 5 heteroatoms. The third kappa shape index (κ3) is 3.03. The largest absolute Gasteiger partial charge is 0.356 e. The zero-order valence-corrected chi connectivity index (χ0v) is 11.9. The average Bonchev–Trinajstić information content (AvgIpc) is 2.92. The normalized spacial score (nSPS) is 17.3. The smallest absolute Gasteiger partial charge is 0.223 e. The summed E-state index contributed by atoms with van der Waals surface area (Å²) in [5.41, 5.74) is 1.79. The molecule has 1 atom stereocenters. The molecule has 1 aromatic heterocycles. The molecule has 22 heavy (non-hydrogen) atoms. The molecule has 3 rings (SSSR count). The van der Waals surface area contributed by atoms with Gasteiger partial charge in [-0.2, -0.15) is 0 Å². The highest BCUT2D eigenvalue weighted by Crippen LogP contribution is 2.22. The molecule has 0 aliphatic carbocycles. The van der Waals surface area contributed by atoms with E-state index in [9.17, 15) is 14.0 Å². The summed E-state index contributed by atoms with van der Waals surface area (Å²) in [4.78, 5) is 27.9. The van der Waals surface area contributed by atoms with Gasteiger partial charge < -0.3 is 5.32 Å². The van der Waals surface area contributed by atoms with Crippen molar-refractivity contribution in [3.05, 3.63) is 54.1 Å². The molecule has 112 valence electrons. The Kier molecular flexibility index (Phi) is 3.96. The van der Waals surface area contributed by atoms with Crippen LogP contribution in [0, 0.1) is 11.7 Å². The lowest BCUT2D eigenvalue weighted by atomic mass is 9.96. The highest BCUT2D eigenvalue weighted by Gasteiger charge is 2.26. The number of aromatic nitrogens is 1. The molecule has 1 aliphatic rings. The number of hydrogen-bond donors (Lipinski definition) is 1. The van der Waals surface area contributed by atoms with E-state index in [0.717, 1.165) is 0 Å². The first kappa shape index (κ1) is 14.4. The van der Waals surface area contributed by atoms with E-state index in [4.69, 9.17) is 0 Å². The Morgan fingerprint density at radius 2 is 2.14 bits per heavy atom. The number of carbonyl (C=O) groups excluding carboxylic acids is 2. The van der Waals surface area contributed by atoms with Crippen LogP contribution >= 0.6 is 0 Å². The zero-order chi connectivity index (χ0) is 15.5. The minimum Gasteiger partial charge on any atom is -0.356 e. The van der Waals surface area contributed by atoms with Crippen LogP contribution in [0.25, 0.3) is 11.1 Å². The summed E-state index contributed by atoms with van der Waals surface area (Å²) in [5.74, 6) is -0.780. The van der Waals surface area contributed by atoms with E-state index in [2.05, 4.69) is 10.3 Å². The quantitative estimate of drug-likeness (QED) is 0.883. The first-order chi connectivity index (χ1) is 10.6. The topological polar surface area (TPSA) is 59.1 Å². The van der Waals surface area contributed by atoms with Gasteiger partial charge in [-0.1, -0.05) is 12.1 Å². The van der Waals surface area contributed by atoms with Crippen LogP contribution in [-0.2, 0) is 4.79 Å². The number of halogens is 1. The highest BCUT2D eigenvalue weighted by molar-refractivity contribution is 5.99. The lowest BCUT2D eigenvalue weighted by Crippen LogP contribution is -2.21. The van der Waals surface area contributed by atoms with E-state index in [0.29, 0.717) is 29.7 Å². The Labute approximate surface area is 127 Å². The van der Waals surface area contributed by atoms with Crippen LogP contribution in [0.2, 0.25) is 0 Å². The molecule has 1 fully saturated rings. The third-order valence-electron chi connectivity index (χ3n) is 3.81. The Hall–Kier alpha value is -2.56. The van der Waals surface area contributed by atoms with Crippen molar-refractivity contribution < 1.29 is 14.0 Å². The molecule has 1 N–H and O–H groups in total. The molecule has 4 nitrogen and oxygen atoms in total. The Balaban J connectivity index is 1.81. The minimum absolute atomic E-state index is 0.0670. The second-order valence-electron chi connectivity index (χ2n) is 5.38. The number of Topliss-reactive ketones (excluding diaryl/α,β-unsaturated/α-hetero) is 1. The molecule has 1 aliphatic heterocycles. The summed E-state index contributed by atoms with van der Waals surface area (Å²) in [6.45, 7) is 0.623. The van der Waals surface area contributed by atoms with E-state index < -0.39 is 0 Å². The molecule has 0 bridgehead atoms. The van der Waals surface area contributed by atoms with Gasteiger partial charge in [-0.15, -0.1) is 0 Å². The Bertz CT molecular complexity index is 730. The number of nitrogens with one attached hydrogen (secondary N) is 1. The van der Waals surface area contributed by atoms with Crippen molar-refractivity contribution in [2.75, 3.05) is 6.54 Å². The molecule has 0 radical (unpaired) electrons. The van der Waals surface area contributed by atoms with Crippen molar-refractivity contribution in [1.29, 1.82) is 0 Å². The highest BCUT2D eigenvalue weighted by atomic mass is 19.1. The number of carbonyl (C=O) groups is 2. The molecule has 1 saturated heterocycles. The maximum Gasteiger partial charge on any atom is 0.223 e. The third-order valence-corrected chi connectivity index (χ3v) is 3.81. The molecule has 0 saturated carbocycles. The van der Waals surface area contributed by atoms with Gasteiger partial charge in [-0.05, 0) is 30.2 Å². The van der Waals surface area contributed by atoms with E-state index >= 15 is 0 Å². The number of nitrogens with zero attached hydrogens (tertiary/aromatic N) is 1. The predicted molar refractivity (Wildman–Crippen MR) is 79.7 cm³/mol. The van der Waals surface area contributed by atoms with Crippen molar-refractivity contribution in [2.45, 2.75) is 12.8 Å². The fraction of sp³-hybridized carbons (Fsp3) is 0.235. The van der Waals surface area contributed by atoms with Crippen molar-refractivity contribution in [3.63, 3.8) is 0 Å². The number of hydrogen-bond acceptors (Lipinski definition) is 3. The van der Waals surface area contributed by atoms with E-state index in [1.165, 1.54) is 18.3 Å². The second-order valence-corrected chi connectivity index (χ2v) is 5.38. The van der Waals surface area contributed by atoms with Gasteiger partial charge in [0.1, 0.15) is 5.82 Å². The standard InChI is InChI=1S/C17H15FN2O2/c18-15-3-1-2-11(7-15)13-6-14(10-19-9-13)16(21)8-12-4-5-20-17(12)22/h1-3,6-7,9-10,12H,4-5,8H2,(H,20,22). The summed E-state index contributed by atoms with van der Waals surface area (Å²) >= 11 is 0. The molecule has 1 aromatic carbocycles. The lowest BCUT2D eigenvalue weighted by Gasteiger charge is -2.07. The Morgan fingerprint density at radius 1 is 1.27 bits per heavy atom. The van der Waals surface area contributed by atoms with Gasteiger partial charge in [-0.25, -0.2) is 4.39 Å². The van der Waals surface area contributed by atoms with E-state index in [-0.39, 0.29) is 29.8 Å². The summed E-state index contributed by atoms with van der Waals surface area (Å²) in [7, 11) is 0. The van der Waals surface area contributed by atoms with Crippen LogP contribution in [0.1, 0.15) is 23.2 Å². The number of amides is 1. The molecule has 1 unspecified atom stereocenters. The van der Waals surface area contributed by atoms with Crippen molar-refractivity contribution >= 4 is 11.7 Å². The molecule has 1 amide bonds. The fourth-order valence-electron chi connectivity index (χ4n) is 2.60. The van der Waals surface area contributed by atoms with Gasteiger partial charge in [0.25, 0.3) is 0 Å². The van der Waals surface area contributed by atoms with Gasteiger partial charge in [-0.3, -0.25) is 14.6 Å². The zero-order valence-electron chi connectivity index (χ0n) is 11.9. The summed E-state index contributed by atoms with van der Waals surface area (Å²) < 4.78 is 13.3. The van der Waals surface area contributed by atoms with Crippen molar-refractivity contribution in [3.8, 4) is 11.1 Å². The van der Waals surface area contributed by atoms with Crippen LogP contribution in [0.4, 0.5) is 4.39 Å². The monoisotopic (exact) mass is 298 g/mol. The maximum absolute atomic E-state index is 13.3. The average molecular weight is 298 g/mol. The summed E-state index contributed by atoms with van der Waals surface area (Å²) in [5, 5.41) is 2.72. The first-order valence-corrected chi connectivity index (χ1v) is 7.15. The number of benzene rings is 1. The number of rotatable bonds is 4. The maximum atomic E-state index is 13.3. The van der Waals surface area contributed by atoms with Crippen LogP contribution in [0.15, 0.2) is 42.7 Å². The van der Waals surface area contributed by atoms with E-state index in [1.807, 2.05) is 0 Å². The fourth-order valence-corrected chi connectivity index (χ4v) is 2.60. The summed E-state index contributed by atoms with van der Waals surface area (Å²) in [6, 6.07) is 7.83. The first-order valence-electron chi connectivity index (χ1n) is 7.15. The number of ketones is 1. The van der Waals surface area contributed by atoms with Crippen LogP contribution in [0.3, 0.4) is 0 Å². The van der Waals surface area contributed by atoms with Gasteiger partial charge >= 0.3 is 0 Å². The lowest BCUT2D eigenvalue weighted by molar-refractivity contribution is -0.122. The second kappa shape index (κ2) is 6.05. The Morgan fingerprint density at radius 3 is 2.86 bits per heavy atom. The molecular weight excluding hydrogens is 283 g/mol. The van der Waals surface area contributed by atoms with Gasteiger partial charge in [0.2, 0.25) is 5.91 Å². The van der Waals surface area contributed by atoms with Crippen molar-refractivity contribution in [2.24, 2.45) is 5.92 Å². The van der Waals surface area contributed by atoms with Crippen LogP contribution in [0.5, 0.6) is 0 Å². The summed E-state index contributed by atoms with van der Waals surface area (Å²) in [6.07, 6.45) is 3.94. The predicted octanol–water partition coefficient (Wildman–Crippen LogP) is 2.60. The van der Waals surface area contributed by atoms with Crippen molar-refractivity contribution in [1.82, 2.24) is 10.3 Å².